The summed E-state index contributed by atoms with van der Waals surface area (Å²) in [4.78, 5) is 23.2. The number of hydrogen-bond donors (Lipinski definition) is 2. The third-order valence-electron chi connectivity index (χ3n) is 3.49. The van der Waals surface area contributed by atoms with Crippen LogP contribution < -0.4 is 10.6 Å². The molecule has 19 heavy (non-hydrogen) atoms. The van der Waals surface area contributed by atoms with Crippen LogP contribution in [0.1, 0.15) is 23.6 Å². The minimum absolute atomic E-state index is 0.0677. The molecule has 0 spiro atoms. The van der Waals surface area contributed by atoms with Gasteiger partial charge in [0.05, 0.1) is 6.04 Å². The average molecular weight is 341 g/mol. The van der Waals surface area contributed by atoms with Gasteiger partial charge in [-0.3, -0.25) is 9.59 Å². The summed E-state index contributed by atoms with van der Waals surface area (Å²) in [6, 6.07) is 5.83. The second-order valence-corrected chi connectivity index (χ2v) is 6.65. The van der Waals surface area contributed by atoms with Gasteiger partial charge in [-0.25, -0.2) is 0 Å². The maximum absolute atomic E-state index is 12.1. The Morgan fingerprint density at radius 1 is 1.47 bits per heavy atom. The first-order chi connectivity index (χ1) is 9.13. The van der Waals surface area contributed by atoms with Gasteiger partial charge in [0, 0.05) is 10.2 Å². The van der Waals surface area contributed by atoms with Crippen LogP contribution in [0.2, 0.25) is 0 Å². The van der Waals surface area contributed by atoms with E-state index in [4.69, 9.17) is 0 Å². The van der Waals surface area contributed by atoms with Crippen molar-refractivity contribution in [2.45, 2.75) is 24.9 Å². The highest BCUT2D eigenvalue weighted by Gasteiger charge is 2.31. The van der Waals surface area contributed by atoms with E-state index >= 15 is 0 Å². The summed E-state index contributed by atoms with van der Waals surface area (Å²) in [5.41, 5.74) is 2.47. The van der Waals surface area contributed by atoms with Crippen LogP contribution in [0, 0.1) is 0 Å². The quantitative estimate of drug-likeness (QED) is 0.868. The molecule has 2 N–H and O–H groups in total. The van der Waals surface area contributed by atoms with Crippen molar-refractivity contribution in [1.82, 2.24) is 10.6 Å². The first kappa shape index (κ1) is 13.0. The monoisotopic (exact) mass is 340 g/mol. The maximum Gasteiger partial charge on any atom is 0.279 e. The van der Waals surface area contributed by atoms with Crippen molar-refractivity contribution < 1.29 is 9.59 Å². The van der Waals surface area contributed by atoms with Crippen molar-refractivity contribution in [2.24, 2.45) is 0 Å². The summed E-state index contributed by atoms with van der Waals surface area (Å²) >= 11 is 4.62. The van der Waals surface area contributed by atoms with Crippen LogP contribution in [0.5, 0.6) is 0 Å². The molecule has 0 aromatic heterocycles. The summed E-state index contributed by atoms with van der Waals surface area (Å²) < 4.78 is 1.07. The van der Waals surface area contributed by atoms with Crippen LogP contribution in [0.25, 0.3) is 0 Å². The van der Waals surface area contributed by atoms with Gasteiger partial charge in [-0.2, -0.15) is 0 Å². The summed E-state index contributed by atoms with van der Waals surface area (Å²) in [7, 11) is 0. The molecule has 0 unspecified atom stereocenters. The predicted molar refractivity (Wildman–Crippen MR) is 78.1 cm³/mol. The first-order valence-corrected chi connectivity index (χ1v) is 7.93. The molecule has 1 heterocycles. The van der Waals surface area contributed by atoms with Crippen LogP contribution in [0.15, 0.2) is 22.7 Å². The molecule has 1 aromatic carbocycles. The van der Waals surface area contributed by atoms with Gasteiger partial charge in [0.15, 0.2) is 0 Å². The van der Waals surface area contributed by atoms with Crippen LogP contribution >= 0.6 is 27.7 Å². The van der Waals surface area contributed by atoms with E-state index < -0.39 is 6.04 Å². The molecule has 1 aromatic rings. The molecule has 1 fully saturated rings. The zero-order valence-corrected chi connectivity index (χ0v) is 12.5. The summed E-state index contributed by atoms with van der Waals surface area (Å²) in [5.74, 6) is 0.434. The minimum atomic E-state index is -0.392. The van der Waals surface area contributed by atoms with Crippen molar-refractivity contribution in [3.63, 3.8) is 0 Å². The third-order valence-corrected chi connectivity index (χ3v) is 4.86. The first-order valence-electron chi connectivity index (χ1n) is 6.15. The van der Waals surface area contributed by atoms with E-state index in [1.807, 2.05) is 6.07 Å². The van der Waals surface area contributed by atoms with E-state index in [0.717, 1.165) is 29.1 Å². The van der Waals surface area contributed by atoms with Crippen molar-refractivity contribution >= 4 is 38.8 Å². The molecule has 2 atom stereocenters. The molecule has 0 bridgehead atoms. The molecule has 1 aliphatic carbocycles. The second-order valence-electron chi connectivity index (χ2n) is 4.74. The van der Waals surface area contributed by atoms with Crippen LogP contribution in [-0.4, -0.2) is 22.9 Å². The highest BCUT2D eigenvalue weighted by Crippen LogP contribution is 2.33. The van der Waals surface area contributed by atoms with Crippen molar-refractivity contribution in [3.05, 3.63) is 33.8 Å². The fourth-order valence-electron chi connectivity index (χ4n) is 2.53. The highest BCUT2D eigenvalue weighted by molar-refractivity contribution is 9.10. The molecule has 1 aliphatic heterocycles. The van der Waals surface area contributed by atoms with E-state index in [-0.39, 0.29) is 17.2 Å². The standard InChI is InChI=1S/C13H13BrN2O2S/c14-8-2-3-9-7(5-8)1-4-10(9)15-12(17)11-6-19-13(18)16-11/h2-3,5,10-11H,1,4,6H2,(H,15,17)(H,16,18)/t10-,11-/m1/s1. The predicted octanol–water partition coefficient (Wildman–Crippen LogP) is 2.38. The number of carbonyl (C=O) groups excluding carboxylic acids is 2. The molecule has 6 heteroatoms. The Morgan fingerprint density at radius 2 is 2.32 bits per heavy atom. The lowest BCUT2D eigenvalue weighted by Gasteiger charge is -2.17. The fourth-order valence-corrected chi connectivity index (χ4v) is 3.72. The molecular weight excluding hydrogens is 328 g/mol. The number of aryl methyl sites for hydroxylation is 1. The van der Waals surface area contributed by atoms with Crippen LogP contribution in [0.3, 0.4) is 0 Å². The van der Waals surface area contributed by atoms with Gasteiger partial charge >= 0.3 is 0 Å². The van der Waals surface area contributed by atoms with Crippen molar-refractivity contribution in [2.75, 3.05) is 5.75 Å². The van der Waals surface area contributed by atoms with E-state index in [0.29, 0.717) is 5.75 Å². The number of rotatable bonds is 2. The number of benzene rings is 1. The lowest BCUT2D eigenvalue weighted by Crippen LogP contribution is -2.43. The summed E-state index contributed by atoms with van der Waals surface area (Å²) in [5, 5.41) is 5.58. The SMILES string of the molecule is O=C1N[C@@H](C(=O)N[C@@H]2CCc3cc(Br)ccc32)CS1. The third kappa shape index (κ3) is 2.65. The van der Waals surface area contributed by atoms with Crippen LogP contribution in [0.4, 0.5) is 4.79 Å². The Balaban J connectivity index is 1.69. The number of fused-ring (bicyclic) bond motifs is 1. The van der Waals surface area contributed by atoms with Gasteiger partial charge in [0.25, 0.3) is 5.24 Å². The lowest BCUT2D eigenvalue weighted by molar-refractivity contribution is -0.123. The van der Waals surface area contributed by atoms with Crippen molar-refractivity contribution in [3.8, 4) is 0 Å². The fraction of sp³-hybridized carbons (Fsp3) is 0.385. The molecule has 3 rings (SSSR count). The summed E-state index contributed by atoms with van der Waals surface area (Å²) in [6.07, 6.45) is 1.90. The Hall–Kier alpha value is -1.01. The molecule has 1 saturated heterocycles. The van der Waals surface area contributed by atoms with E-state index in [2.05, 4.69) is 38.7 Å². The summed E-state index contributed by atoms with van der Waals surface area (Å²) in [6.45, 7) is 0. The largest absolute Gasteiger partial charge is 0.347 e. The highest BCUT2D eigenvalue weighted by atomic mass is 79.9. The van der Waals surface area contributed by atoms with Crippen molar-refractivity contribution in [1.29, 1.82) is 0 Å². The van der Waals surface area contributed by atoms with E-state index in [1.54, 1.807) is 0 Å². The molecule has 0 saturated carbocycles. The van der Waals surface area contributed by atoms with Gasteiger partial charge in [0.1, 0.15) is 6.04 Å². The molecule has 0 radical (unpaired) electrons. The number of nitrogens with one attached hydrogen (secondary N) is 2. The number of hydrogen-bond acceptors (Lipinski definition) is 3. The zero-order valence-electron chi connectivity index (χ0n) is 10.1. The van der Waals surface area contributed by atoms with Crippen LogP contribution in [-0.2, 0) is 11.2 Å². The van der Waals surface area contributed by atoms with Gasteiger partial charge in [0.2, 0.25) is 5.91 Å². The van der Waals surface area contributed by atoms with Gasteiger partial charge in [-0.15, -0.1) is 0 Å². The number of amides is 2. The number of thioether (sulfide) groups is 1. The van der Waals surface area contributed by atoms with E-state index in [9.17, 15) is 9.59 Å². The lowest BCUT2D eigenvalue weighted by atomic mass is 10.1. The minimum Gasteiger partial charge on any atom is -0.347 e. The van der Waals surface area contributed by atoms with Gasteiger partial charge in [-0.1, -0.05) is 33.8 Å². The smallest absolute Gasteiger partial charge is 0.279 e. The van der Waals surface area contributed by atoms with E-state index in [1.165, 1.54) is 11.1 Å². The molecule has 2 aliphatic rings. The average Bonchev–Trinajstić information content (AvgIpc) is 2.96. The molecule has 2 amide bonds. The number of carbonyl (C=O) groups is 2. The molecule has 100 valence electrons. The number of halogens is 1. The van der Waals surface area contributed by atoms with Gasteiger partial charge in [-0.05, 0) is 36.1 Å². The maximum atomic E-state index is 12.1. The zero-order chi connectivity index (χ0) is 13.4. The Bertz CT molecular complexity index is 549. The molecule has 4 nitrogen and oxygen atoms in total. The Morgan fingerprint density at radius 3 is 3.05 bits per heavy atom. The Labute approximate surface area is 123 Å². The molecular formula is C13H13BrN2O2S. The second kappa shape index (κ2) is 5.17. The Kier molecular flexibility index (Phi) is 3.54. The topological polar surface area (TPSA) is 58.2 Å². The van der Waals surface area contributed by atoms with Gasteiger partial charge < -0.3 is 10.6 Å². The normalized spacial score (nSPS) is 25.0.